The summed E-state index contributed by atoms with van der Waals surface area (Å²) in [7, 11) is 0. The van der Waals surface area contributed by atoms with Crippen molar-refractivity contribution in [2.75, 3.05) is 5.32 Å². The van der Waals surface area contributed by atoms with Gasteiger partial charge in [0.25, 0.3) is 0 Å². The molecule has 1 aromatic rings. The number of carbonyl (C=O) groups excluding carboxylic acids is 3. The summed E-state index contributed by atoms with van der Waals surface area (Å²) in [5.41, 5.74) is -3.53. The predicted molar refractivity (Wildman–Crippen MR) is 126 cm³/mol. The quantitative estimate of drug-likeness (QED) is 0.645. The molecular weight excluding hydrogens is 437 g/mol. The molecule has 0 aromatic heterocycles. The fourth-order valence-corrected chi connectivity index (χ4v) is 5.56. The summed E-state index contributed by atoms with van der Waals surface area (Å²) < 4.78 is 20.7. The van der Waals surface area contributed by atoms with E-state index in [-0.39, 0.29) is 17.5 Å². The van der Waals surface area contributed by atoms with Gasteiger partial charge >= 0.3 is 0 Å². The Bertz CT molecular complexity index is 1080. The van der Waals surface area contributed by atoms with Crippen LogP contribution in [0, 0.1) is 17.7 Å². The maximum atomic E-state index is 14.3. The SMILES string of the molecule is CCC(C)(C)N1C(=O)[C@@H]2[C@@H](C(=O)Nc3ccccc3F)[C@@]3(C)C=C[C@@]2(O3)[C@@H]1C(=O)NC(C)(C)C. The Labute approximate surface area is 200 Å². The molecule has 2 fully saturated rings. The van der Waals surface area contributed by atoms with Crippen molar-refractivity contribution in [2.45, 2.75) is 83.2 Å². The molecule has 2 bridgehead atoms. The van der Waals surface area contributed by atoms with Crippen molar-refractivity contribution in [2.24, 2.45) is 11.8 Å². The maximum absolute atomic E-state index is 14.3. The standard InChI is InChI=1S/C26H34FN3O4/c1-8-24(5,6)30-19(21(32)29-23(2,3)4)26-14-13-25(7,34-26)17(18(26)22(30)33)20(31)28-16-12-10-9-11-15(16)27/h9-14,17-19H,8H2,1-7H3,(H,28,31)(H,29,32)/t17-,18-,19-,25+,26-/m0/s1. The third kappa shape index (κ3) is 3.54. The fourth-order valence-electron chi connectivity index (χ4n) is 5.56. The number of halogens is 1. The molecule has 0 aliphatic carbocycles. The van der Waals surface area contributed by atoms with Crippen LogP contribution < -0.4 is 10.6 Å². The monoisotopic (exact) mass is 471 g/mol. The van der Waals surface area contributed by atoms with Gasteiger partial charge in [0.05, 0.1) is 23.1 Å². The van der Waals surface area contributed by atoms with Gasteiger partial charge in [-0.05, 0) is 60.1 Å². The molecule has 34 heavy (non-hydrogen) atoms. The molecule has 2 saturated heterocycles. The van der Waals surface area contributed by atoms with Crippen LogP contribution >= 0.6 is 0 Å². The molecule has 2 N–H and O–H groups in total. The molecule has 0 saturated carbocycles. The average molecular weight is 472 g/mol. The normalized spacial score (nSPS) is 32.2. The molecular formula is C26H34FN3O4. The zero-order valence-electron chi connectivity index (χ0n) is 20.9. The van der Waals surface area contributed by atoms with Crippen LogP contribution in [0.3, 0.4) is 0 Å². The average Bonchev–Trinajstić information content (AvgIpc) is 3.29. The van der Waals surface area contributed by atoms with Crippen LogP contribution in [0.15, 0.2) is 36.4 Å². The fraction of sp³-hybridized carbons (Fsp3) is 0.577. The second-order valence-corrected chi connectivity index (χ2v) is 11.4. The number of nitrogens with zero attached hydrogens (tertiary/aromatic N) is 1. The Kier molecular flexibility index (Phi) is 5.47. The molecule has 5 atom stereocenters. The molecule has 8 heteroatoms. The largest absolute Gasteiger partial charge is 0.356 e. The maximum Gasteiger partial charge on any atom is 0.246 e. The van der Waals surface area contributed by atoms with Crippen LogP contribution in [-0.4, -0.2) is 50.9 Å². The Morgan fingerprint density at radius 2 is 1.76 bits per heavy atom. The summed E-state index contributed by atoms with van der Waals surface area (Å²) in [6.45, 7) is 13.1. The van der Waals surface area contributed by atoms with Crippen molar-refractivity contribution in [3.63, 3.8) is 0 Å². The number of para-hydroxylation sites is 1. The molecule has 0 unspecified atom stereocenters. The smallest absolute Gasteiger partial charge is 0.246 e. The van der Waals surface area contributed by atoms with Crippen molar-refractivity contribution in [3.05, 3.63) is 42.2 Å². The molecule has 3 aliphatic heterocycles. The van der Waals surface area contributed by atoms with Crippen LogP contribution in [0.25, 0.3) is 0 Å². The van der Waals surface area contributed by atoms with Crippen molar-refractivity contribution in [3.8, 4) is 0 Å². The van der Waals surface area contributed by atoms with Gasteiger partial charge in [-0.1, -0.05) is 31.2 Å². The van der Waals surface area contributed by atoms with E-state index in [2.05, 4.69) is 10.6 Å². The van der Waals surface area contributed by atoms with E-state index in [9.17, 15) is 18.8 Å². The van der Waals surface area contributed by atoms with E-state index in [1.165, 1.54) is 18.2 Å². The van der Waals surface area contributed by atoms with Gasteiger partial charge in [0.15, 0.2) is 0 Å². The van der Waals surface area contributed by atoms with Crippen LogP contribution in [0.2, 0.25) is 0 Å². The summed E-state index contributed by atoms with van der Waals surface area (Å²) in [5.74, 6) is -3.54. The number of benzene rings is 1. The zero-order chi connectivity index (χ0) is 25.3. The number of likely N-dealkylation sites (tertiary alicyclic amines) is 1. The first-order valence-electron chi connectivity index (χ1n) is 11.8. The second-order valence-electron chi connectivity index (χ2n) is 11.4. The van der Waals surface area contributed by atoms with Crippen LogP contribution in [0.5, 0.6) is 0 Å². The molecule has 1 aromatic carbocycles. The van der Waals surface area contributed by atoms with Crippen LogP contribution in [-0.2, 0) is 19.1 Å². The number of carbonyl (C=O) groups is 3. The lowest BCUT2D eigenvalue weighted by Crippen LogP contribution is -2.62. The van der Waals surface area contributed by atoms with Gasteiger partial charge in [0.2, 0.25) is 17.7 Å². The minimum absolute atomic E-state index is 0.0371. The van der Waals surface area contributed by atoms with E-state index in [1.54, 1.807) is 30.0 Å². The zero-order valence-corrected chi connectivity index (χ0v) is 20.9. The van der Waals surface area contributed by atoms with E-state index in [4.69, 9.17) is 4.74 Å². The highest BCUT2D eigenvalue weighted by Gasteiger charge is 2.77. The van der Waals surface area contributed by atoms with Crippen LogP contribution in [0.4, 0.5) is 10.1 Å². The molecule has 184 valence electrons. The second kappa shape index (κ2) is 7.63. The Hall–Kier alpha value is -2.74. The first kappa shape index (κ1) is 24.4. The number of amides is 3. The number of rotatable bonds is 5. The first-order valence-corrected chi connectivity index (χ1v) is 11.8. The highest BCUT2D eigenvalue weighted by molar-refractivity contribution is 6.03. The predicted octanol–water partition coefficient (Wildman–Crippen LogP) is 3.41. The highest BCUT2D eigenvalue weighted by Crippen LogP contribution is 2.61. The molecule has 3 aliphatic rings. The first-order chi connectivity index (χ1) is 15.7. The van der Waals surface area contributed by atoms with Gasteiger partial charge in [0.1, 0.15) is 17.5 Å². The minimum Gasteiger partial charge on any atom is -0.356 e. The summed E-state index contributed by atoms with van der Waals surface area (Å²) >= 11 is 0. The van der Waals surface area contributed by atoms with E-state index in [0.717, 1.165) is 0 Å². The number of fused-ring (bicyclic) bond motifs is 1. The number of ether oxygens (including phenoxy) is 1. The Balaban J connectivity index is 1.79. The van der Waals surface area contributed by atoms with E-state index < -0.39 is 51.9 Å². The van der Waals surface area contributed by atoms with E-state index >= 15 is 0 Å². The van der Waals surface area contributed by atoms with Crippen LogP contribution in [0.1, 0.15) is 54.9 Å². The molecule has 1 spiro atoms. The third-order valence-electron chi connectivity index (χ3n) is 7.38. The molecule has 3 amide bonds. The lowest BCUT2D eigenvalue weighted by molar-refractivity contribution is -0.151. The van der Waals surface area contributed by atoms with Gasteiger partial charge in [-0.25, -0.2) is 4.39 Å². The number of anilines is 1. The van der Waals surface area contributed by atoms with Gasteiger partial charge in [-0.2, -0.15) is 0 Å². The third-order valence-corrected chi connectivity index (χ3v) is 7.38. The Morgan fingerprint density at radius 1 is 1.12 bits per heavy atom. The van der Waals surface area contributed by atoms with E-state index in [1.807, 2.05) is 41.5 Å². The van der Waals surface area contributed by atoms with E-state index in [0.29, 0.717) is 6.42 Å². The minimum atomic E-state index is -1.29. The topological polar surface area (TPSA) is 87.7 Å². The van der Waals surface area contributed by atoms with Crippen molar-refractivity contribution in [1.29, 1.82) is 0 Å². The molecule has 0 radical (unpaired) electrons. The number of hydrogen-bond acceptors (Lipinski definition) is 4. The lowest BCUT2D eigenvalue weighted by atomic mass is 9.70. The number of nitrogens with one attached hydrogen (secondary N) is 2. The number of hydrogen-bond donors (Lipinski definition) is 2. The van der Waals surface area contributed by atoms with Crippen molar-refractivity contribution < 1.29 is 23.5 Å². The summed E-state index contributed by atoms with van der Waals surface area (Å²) in [4.78, 5) is 42.8. The lowest BCUT2D eigenvalue weighted by Gasteiger charge is -2.42. The van der Waals surface area contributed by atoms with Crippen molar-refractivity contribution in [1.82, 2.24) is 10.2 Å². The summed E-state index contributed by atoms with van der Waals surface area (Å²) in [5, 5.41) is 5.65. The molecule has 4 rings (SSSR count). The van der Waals surface area contributed by atoms with Gasteiger partial charge in [-0.15, -0.1) is 0 Å². The van der Waals surface area contributed by atoms with Crippen molar-refractivity contribution >= 4 is 23.4 Å². The summed E-state index contributed by atoms with van der Waals surface area (Å²) in [6, 6.07) is 4.95. The van der Waals surface area contributed by atoms with Gasteiger partial charge in [-0.3, -0.25) is 14.4 Å². The Morgan fingerprint density at radius 3 is 2.35 bits per heavy atom. The van der Waals surface area contributed by atoms with Gasteiger partial charge < -0.3 is 20.3 Å². The molecule has 3 heterocycles. The highest BCUT2D eigenvalue weighted by atomic mass is 19.1. The summed E-state index contributed by atoms with van der Waals surface area (Å²) in [6.07, 6.45) is 4.15. The molecule has 7 nitrogen and oxygen atoms in total. The van der Waals surface area contributed by atoms with Gasteiger partial charge in [0, 0.05) is 11.1 Å².